The van der Waals surface area contributed by atoms with Crippen molar-refractivity contribution < 1.29 is 38.2 Å². The molecule has 14 heteroatoms. The summed E-state index contributed by atoms with van der Waals surface area (Å²) in [6.45, 7) is 22.5. The third-order valence-electron chi connectivity index (χ3n) is 5.21. The van der Waals surface area contributed by atoms with Gasteiger partial charge in [0.25, 0.3) is 0 Å². The first kappa shape index (κ1) is 43.3. The molecule has 0 saturated carbocycles. The number of rotatable bonds is 13. The zero-order chi connectivity index (χ0) is 35.9. The van der Waals surface area contributed by atoms with Crippen LogP contribution in [-0.4, -0.2) is 68.0 Å². The summed E-state index contributed by atoms with van der Waals surface area (Å²) in [5, 5.41) is 14.2. The molecule has 46 heavy (non-hydrogen) atoms. The molecule has 0 atom stereocenters. The Balaban J connectivity index is 0. The third kappa shape index (κ3) is 21.0. The summed E-state index contributed by atoms with van der Waals surface area (Å²) in [4.78, 5) is 54.7. The molecule has 0 aliphatic heterocycles. The third-order valence-corrected chi connectivity index (χ3v) is 5.21. The van der Waals surface area contributed by atoms with Crippen molar-refractivity contribution in [1.82, 2.24) is 30.2 Å². The molecule has 0 unspecified atom stereocenters. The molecule has 2 heterocycles. The van der Waals surface area contributed by atoms with Crippen LogP contribution in [0.4, 0.5) is 0 Å². The van der Waals surface area contributed by atoms with Crippen LogP contribution in [0.1, 0.15) is 81.7 Å². The van der Waals surface area contributed by atoms with Crippen LogP contribution in [0, 0.1) is 11.8 Å². The molecule has 0 saturated heterocycles. The maximum atomic E-state index is 11.2. The topological polar surface area (TPSA) is 181 Å². The van der Waals surface area contributed by atoms with Crippen molar-refractivity contribution in [3.05, 3.63) is 36.2 Å². The Morgan fingerprint density at radius 3 is 1.67 bits per heavy atom. The number of carbonyl (C=O) groups is 2. The molecule has 0 spiro atoms. The van der Waals surface area contributed by atoms with Crippen LogP contribution >= 0.6 is 0 Å². The van der Waals surface area contributed by atoms with E-state index in [9.17, 15) is 9.59 Å². The molecule has 0 aromatic carbocycles. The number of carbonyl (C=O) groups excluding carboxylic acids is 6. The fourth-order valence-electron chi connectivity index (χ4n) is 3.42. The highest BCUT2D eigenvalue weighted by Crippen LogP contribution is 2.21. The first-order valence-corrected chi connectivity index (χ1v) is 14.7. The Bertz CT molecular complexity index is 1300. The van der Waals surface area contributed by atoms with Crippen molar-refractivity contribution in [3.8, 4) is 11.8 Å². The zero-order valence-electron chi connectivity index (χ0n) is 28.9. The van der Waals surface area contributed by atoms with Gasteiger partial charge in [-0.3, -0.25) is 9.59 Å². The van der Waals surface area contributed by atoms with Crippen LogP contribution in [0.25, 0.3) is 12.4 Å². The molecule has 14 nitrogen and oxygen atoms in total. The molecule has 256 valence electrons. The Hall–Kier alpha value is -4.80. The first-order chi connectivity index (χ1) is 21.4. The molecular weight excluding hydrogens is 596 g/mol. The van der Waals surface area contributed by atoms with Gasteiger partial charge in [-0.15, -0.1) is 0 Å². The van der Waals surface area contributed by atoms with Crippen LogP contribution < -0.4 is 20.1 Å². The molecule has 2 aromatic heterocycles. The fraction of sp³-hybridized carbons (Fsp3) is 0.562. The highest BCUT2D eigenvalue weighted by molar-refractivity contribution is 5.74. The number of nitrogens with zero attached hydrogens (tertiary/aromatic N) is 4. The minimum atomic E-state index is -0.431. The minimum Gasteiger partial charge on any atom is -0.477 e. The standard InChI is InChI=1S/C16H27N3O2.C14H23N3O2.2CO2/c1-7-14-10-17-19(15(14)21-11-12(2)3)9-8-16(5,6)18-13(4)20;1-11(2)10-19-13-6-8-15-17(13)9-7-14(4,5)16-12(3)18;2*2-1-3/h8-10,12H,7,11H2,1-6H3,(H,18,20);6-9,11H,10H2,1-5H3,(H,16,18);;/b9-8+;9-7+;;. The number of amides is 2. The van der Waals surface area contributed by atoms with Gasteiger partial charge in [0, 0.05) is 37.9 Å². The largest absolute Gasteiger partial charge is 0.477 e. The van der Waals surface area contributed by atoms with Crippen molar-refractivity contribution in [2.24, 2.45) is 11.8 Å². The molecule has 2 aromatic rings. The van der Waals surface area contributed by atoms with E-state index in [4.69, 9.17) is 28.7 Å². The Morgan fingerprint density at radius 2 is 1.26 bits per heavy atom. The quantitative estimate of drug-likeness (QED) is 0.323. The van der Waals surface area contributed by atoms with Gasteiger partial charge in [-0.1, -0.05) is 34.6 Å². The second-order valence-electron chi connectivity index (χ2n) is 11.9. The number of ether oxygens (including phenoxy) is 2. The van der Waals surface area contributed by atoms with E-state index in [1.807, 2.05) is 58.3 Å². The molecule has 0 bridgehead atoms. The summed E-state index contributed by atoms with van der Waals surface area (Å²) < 4.78 is 14.9. The number of hydrogen-bond acceptors (Lipinski definition) is 10. The molecule has 2 N–H and O–H groups in total. The van der Waals surface area contributed by atoms with Gasteiger partial charge in [-0.05, 0) is 58.1 Å². The van der Waals surface area contributed by atoms with Crippen LogP contribution in [0.5, 0.6) is 11.8 Å². The average Bonchev–Trinajstić information content (AvgIpc) is 3.54. The maximum Gasteiger partial charge on any atom is 0.373 e. The van der Waals surface area contributed by atoms with Crippen molar-refractivity contribution in [2.75, 3.05) is 13.2 Å². The average molecular weight is 647 g/mol. The lowest BCUT2D eigenvalue weighted by atomic mass is 10.1. The minimum absolute atomic E-state index is 0.0596. The summed E-state index contributed by atoms with van der Waals surface area (Å²) in [6, 6.07) is 1.82. The van der Waals surface area contributed by atoms with Gasteiger partial charge in [0.2, 0.25) is 23.6 Å². The molecule has 0 fully saturated rings. The lowest BCUT2D eigenvalue weighted by molar-refractivity contribution is -0.193. The Morgan fingerprint density at radius 1 is 0.826 bits per heavy atom. The number of hydrogen-bond donors (Lipinski definition) is 2. The van der Waals surface area contributed by atoms with Gasteiger partial charge in [0.05, 0.1) is 36.7 Å². The van der Waals surface area contributed by atoms with Crippen molar-refractivity contribution in [1.29, 1.82) is 0 Å². The molecule has 2 amide bonds. The fourth-order valence-corrected chi connectivity index (χ4v) is 3.42. The highest BCUT2D eigenvalue weighted by atomic mass is 16.5. The lowest BCUT2D eigenvalue weighted by Gasteiger charge is -2.21. The van der Waals surface area contributed by atoms with E-state index < -0.39 is 11.1 Å². The van der Waals surface area contributed by atoms with Crippen LogP contribution in [-0.2, 0) is 35.2 Å². The Kier molecular flexibility index (Phi) is 21.4. The number of nitrogens with one attached hydrogen (secondary N) is 2. The van der Waals surface area contributed by atoms with Crippen LogP contribution in [0.2, 0.25) is 0 Å². The smallest absolute Gasteiger partial charge is 0.373 e. The predicted molar refractivity (Wildman–Crippen MR) is 171 cm³/mol. The van der Waals surface area contributed by atoms with Crippen LogP contribution in [0.15, 0.2) is 30.6 Å². The molecule has 0 radical (unpaired) electrons. The monoisotopic (exact) mass is 646 g/mol. The summed E-state index contributed by atoms with van der Waals surface area (Å²) in [6.07, 6.45) is 12.3. The van der Waals surface area contributed by atoms with E-state index in [2.05, 4.69) is 55.4 Å². The van der Waals surface area contributed by atoms with Crippen molar-refractivity contribution in [2.45, 2.75) is 93.7 Å². The van der Waals surface area contributed by atoms with Gasteiger partial charge < -0.3 is 20.1 Å². The van der Waals surface area contributed by atoms with E-state index in [1.54, 1.807) is 21.8 Å². The second-order valence-corrected chi connectivity index (χ2v) is 11.9. The molecule has 2 rings (SSSR count). The number of aryl methyl sites for hydroxylation is 1. The summed E-state index contributed by atoms with van der Waals surface area (Å²) in [5.74, 6) is 2.27. The molecule has 0 aliphatic carbocycles. The Labute approximate surface area is 271 Å². The van der Waals surface area contributed by atoms with E-state index in [0.717, 1.165) is 17.9 Å². The van der Waals surface area contributed by atoms with Gasteiger partial charge in [0.15, 0.2) is 0 Å². The van der Waals surface area contributed by atoms with Gasteiger partial charge in [-0.2, -0.15) is 29.4 Å². The lowest BCUT2D eigenvalue weighted by Crippen LogP contribution is -2.40. The van der Waals surface area contributed by atoms with E-state index in [0.29, 0.717) is 30.9 Å². The first-order valence-electron chi connectivity index (χ1n) is 14.7. The molecular formula is C32H50N6O8. The summed E-state index contributed by atoms with van der Waals surface area (Å²) in [5.41, 5.74) is 0.227. The van der Waals surface area contributed by atoms with Gasteiger partial charge in [0.1, 0.15) is 0 Å². The van der Waals surface area contributed by atoms with Crippen LogP contribution in [0.3, 0.4) is 0 Å². The van der Waals surface area contributed by atoms with Crippen molar-refractivity contribution >= 4 is 36.5 Å². The zero-order valence-corrected chi connectivity index (χ0v) is 28.9. The summed E-state index contributed by atoms with van der Waals surface area (Å²) in [7, 11) is 0. The van der Waals surface area contributed by atoms with Crippen molar-refractivity contribution in [3.63, 3.8) is 0 Å². The van der Waals surface area contributed by atoms with E-state index in [1.165, 1.54) is 13.8 Å². The van der Waals surface area contributed by atoms with Gasteiger partial charge >= 0.3 is 12.3 Å². The van der Waals surface area contributed by atoms with E-state index >= 15 is 0 Å². The second kappa shape index (κ2) is 22.7. The summed E-state index contributed by atoms with van der Waals surface area (Å²) >= 11 is 0. The SMILES string of the molecule is CC(=O)NC(C)(C)/C=C/n1nccc1OCC(C)C.CCc1cnn(/C=C/C(C)(C)NC(C)=O)c1OCC(C)C.O=C=O.O=C=O. The predicted octanol–water partition coefficient (Wildman–Crippen LogP) is 4.00. The normalized spacial score (nSPS) is 10.9. The van der Waals surface area contributed by atoms with Gasteiger partial charge in [-0.25, -0.2) is 9.36 Å². The van der Waals surface area contributed by atoms with E-state index in [-0.39, 0.29) is 24.1 Å². The molecule has 0 aliphatic rings. The highest BCUT2D eigenvalue weighted by Gasteiger charge is 2.16. The number of aromatic nitrogens is 4. The maximum absolute atomic E-state index is 11.2.